The number of sulfonamides is 1. The summed E-state index contributed by atoms with van der Waals surface area (Å²) in [6.07, 6.45) is 2.71. The second-order valence-electron chi connectivity index (χ2n) is 7.11. The van der Waals surface area contributed by atoms with E-state index < -0.39 is 15.9 Å². The Bertz CT molecular complexity index is 1230. The second kappa shape index (κ2) is 8.95. The molecule has 0 bridgehead atoms. The minimum Gasteiger partial charge on any atom is -0.318 e. The van der Waals surface area contributed by atoms with E-state index in [1.54, 1.807) is 30.5 Å². The number of nitrogens with zero attached hydrogens (tertiary/aromatic N) is 3. The fourth-order valence-electron chi connectivity index (χ4n) is 3.15. The van der Waals surface area contributed by atoms with Crippen molar-refractivity contribution in [3.05, 3.63) is 82.1 Å². The third-order valence-electron chi connectivity index (χ3n) is 4.92. The SMILES string of the molecule is Cc1cc(/C=N\NC(=O)c2ccc(N(C)S(C)(=O)=O)cc2)c(C)n1-c1ccc(Cl)cc1. The molecule has 0 saturated carbocycles. The third kappa shape index (κ3) is 5.15. The maximum Gasteiger partial charge on any atom is 0.271 e. The summed E-state index contributed by atoms with van der Waals surface area (Å²) in [7, 11) is -1.91. The van der Waals surface area contributed by atoms with Crippen molar-refractivity contribution in [2.45, 2.75) is 13.8 Å². The van der Waals surface area contributed by atoms with Crippen molar-refractivity contribution in [1.29, 1.82) is 0 Å². The molecule has 0 aliphatic heterocycles. The molecule has 0 saturated heterocycles. The molecule has 162 valence electrons. The Morgan fingerprint density at radius 2 is 1.71 bits per heavy atom. The molecule has 2 aromatic carbocycles. The van der Waals surface area contributed by atoms with Gasteiger partial charge in [-0.15, -0.1) is 0 Å². The molecule has 1 heterocycles. The zero-order valence-electron chi connectivity index (χ0n) is 17.6. The molecular weight excluding hydrogens is 436 g/mol. The normalized spacial score (nSPS) is 11.6. The fourth-order valence-corrected chi connectivity index (χ4v) is 3.78. The molecule has 3 aromatic rings. The second-order valence-corrected chi connectivity index (χ2v) is 9.56. The summed E-state index contributed by atoms with van der Waals surface area (Å²) in [5.74, 6) is -0.392. The Balaban J connectivity index is 1.71. The van der Waals surface area contributed by atoms with Crippen molar-refractivity contribution in [3.63, 3.8) is 0 Å². The molecule has 0 aliphatic rings. The predicted molar refractivity (Wildman–Crippen MR) is 125 cm³/mol. The number of anilines is 1. The van der Waals surface area contributed by atoms with E-state index >= 15 is 0 Å². The lowest BCUT2D eigenvalue weighted by Crippen LogP contribution is -2.25. The summed E-state index contributed by atoms with van der Waals surface area (Å²) in [6.45, 7) is 3.97. The number of aromatic nitrogens is 1. The number of carbonyl (C=O) groups excluding carboxylic acids is 1. The number of hydrogen-bond acceptors (Lipinski definition) is 4. The van der Waals surface area contributed by atoms with Crippen molar-refractivity contribution in [1.82, 2.24) is 9.99 Å². The van der Waals surface area contributed by atoms with Crippen molar-refractivity contribution in [2.24, 2.45) is 5.10 Å². The van der Waals surface area contributed by atoms with Gasteiger partial charge in [0.15, 0.2) is 0 Å². The number of carbonyl (C=O) groups is 1. The lowest BCUT2D eigenvalue weighted by Gasteiger charge is -2.16. The molecule has 0 aliphatic carbocycles. The number of benzene rings is 2. The molecule has 0 spiro atoms. The molecule has 0 fully saturated rings. The van der Waals surface area contributed by atoms with Crippen molar-refractivity contribution in [3.8, 4) is 5.69 Å². The number of hydrazone groups is 1. The fraction of sp³-hybridized carbons (Fsp3) is 0.182. The monoisotopic (exact) mass is 458 g/mol. The maximum absolute atomic E-state index is 12.3. The van der Waals surface area contributed by atoms with Crippen LogP contribution in [0.5, 0.6) is 0 Å². The first-order valence-corrected chi connectivity index (χ1v) is 11.6. The van der Waals surface area contributed by atoms with Gasteiger partial charge < -0.3 is 4.57 Å². The van der Waals surface area contributed by atoms with Crippen LogP contribution in [-0.4, -0.2) is 38.4 Å². The lowest BCUT2D eigenvalue weighted by molar-refractivity contribution is 0.0955. The topological polar surface area (TPSA) is 83.8 Å². The van der Waals surface area contributed by atoms with E-state index in [1.807, 2.05) is 44.2 Å². The highest BCUT2D eigenvalue weighted by Crippen LogP contribution is 2.21. The van der Waals surface area contributed by atoms with Crippen LogP contribution in [0.3, 0.4) is 0 Å². The standard InChI is InChI=1S/C22H23ClN4O3S/c1-15-13-18(16(2)27(15)21-11-7-19(23)8-12-21)14-24-25-22(28)17-5-9-20(10-6-17)26(3)31(4,29)30/h5-14H,1-4H3,(H,25,28)/b24-14-. The van der Waals surface area contributed by atoms with Crippen molar-refractivity contribution < 1.29 is 13.2 Å². The van der Waals surface area contributed by atoms with E-state index in [0.717, 1.165) is 33.2 Å². The highest BCUT2D eigenvalue weighted by Gasteiger charge is 2.13. The number of aryl methyl sites for hydroxylation is 1. The van der Waals surface area contributed by atoms with Gasteiger partial charge in [0.1, 0.15) is 0 Å². The van der Waals surface area contributed by atoms with Crippen LogP contribution in [0.25, 0.3) is 5.69 Å². The first-order chi connectivity index (χ1) is 14.6. The molecule has 0 unspecified atom stereocenters. The number of halogens is 1. The Hall–Kier alpha value is -3.10. The molecule has 0 atom stereocenters. The first kappa shape index (κ1) is 22.6. The van der Waals surface area contributed by atoms with E-state index in [4.69, 9.17) is 11.6 Å². The van der Waals surface area contributed by atoms with E-state index in [-0.39, 0.29) is 0 Å². The van der Waals surface area contributed by atoms with Crippen LogP contribution in [0.2, 0.25) is 5.02 Å². The highest BCUT2D eigenvalue weighted by molar-refractivity contribution is 7.92. The molecule has 9 heteroatoms. The first-order valence-electron chi connectivity index (χ1n) is 9.40. The van der Waals surface area contributed by atoms with Crippen molar-refractivity contribution in [2.75, 3.05) is 17.6 Å². The molecule has 3 rings (SSSR count). The van der Waals surface area contributed by atoms with Crippen LogP contribution in [0.15, 0.2) is 59.7 Å². The molecule has 31 heavy (non-hydrogen) atoms. The predicted octanol–water partition coefficient (Wildman–Crippen LogP) is 3.91. The minimum absolute atomic E-state index is 0.370. The van der Waals surface area contributed by atoms with Crippen LogP contribution >= 0.6 is 11.6 Å². The number of rotatable bonds is 6. The molecule has 1 amide bonds. The smallest absolute Gasteiger partial charge is 0.271 e. The average Bonchev–Trinajstić information content (AvgIpc) is 3.01. The van der Waals surface area contributed by atoms with Crippen LogP contribution in [0.1, 0.15) is 27.3 Å². The summed E-state index contributed by atoms with van der Waals surface area (Å²) in [5, 5.41) is 4.75. The van der Waals surface area contributed by atoms with E-state index in [9.17, 15) is 13.2 Å². The van der Waals surface area contributed by atoms with Crippen LogP contribution in [0, 0.1) is 13.8 Å². The lowest BCUT2D eigenvalue weighted by atomic mass is 10.2. The minimum atomic E-state index is -3.36. The van der Waals surface area contributed by atoms with E-state index in [1.165, 1.54) is 7.05 Å². The third-order valence-corrected chi connectivity index (χ3v) is 6.37. The van der Waals surface area contributed by atoms with Gasteiger partial charge in [-0.05, 0) is 68.4 Å². The van der Waals surface area contributed by atoms with Gasteiger partial charge in [-0.1, -0.05) is 11.6 Å². The zero-order chi connectivity index (χ0) is 22.8. The molecular formula is C22H23ClN4O3S. The number of nitrogens with one attached hydrogen (secondary N) is 1. The largest absolute Gasteiger partial charge is 0.318 e. The Labute approximate surface area is 187 Å². The Morgan fingerprint density at radius 1 is 1.10 bits per heavy atom. The summed E-state index contributed by atoms with van der Waals surface area (Å²) in [5.41, 5.74) is 7.21. The van der Waals surface area contributed by atoms with E-state index in [0.29, 0.717) is 16.3 Å². The molecule has 1 aromatic heterocycles. The summed E-state index contributed by atoms with van der Waals surface area (Å²) < 4.78 is 26.4. The Kier molecular flexibility index (Phi) is 6.52. The maximum atomic E-state index is 12.3. The van der Waals surface area contributed by atoms with Gasteiger partial charge in [-0.3, -0.25) is 9.10 Å². The van der Waals surface area contributed by atoms with Gasteiger partial charge in [0.25, 0.3) is 5.91 Å². The van der Waals surface area contributed by atoms with Gasteiger partial charge in [0.2, 0.25) is 10.0 Å². The van der Waals surface area contributed by atoms with Crippen LogP contribution < -0.4 is 9.73 Å². The summed E-state index contributed by atoms with van der Waals surface area (Å²) >= 11 is 5.98. The van der Waals surface area contributed by atoms with Gasteiger partial charge >= 0.3 is 0 Å². The van der Waals surface area contributed by atoms with Crippen LogP contribution in [-0.2, 0) is 10.0 Å². The van der Waals surface area contributed by atoms with E-state index in [2.05, 4.69) is 15.1 Å². The van der Waals surface area contributed by atoms with Gasteiger partial charge in [0, 0.05) is 40.3 Å². The van der Waals surface area contributed by atoms with Crippen molar-refractivity contribution >= 4 is 39.4 Å². The number of amides is 1. The van der Waals surface area contributed by atoms with Crippen LogP contribution in [0.4, 0.5) is 5.69 Å². The Morgan fingerprint density at radius 3 is 2.29 bits per heavy atom. The zero-order valence-corrected chi connectivity index (χ0v) is 19.2. The highest BCUT2D eigenvalue weighted by atomic mass is 35.5. The van der Waals surface area contributed by atoms with Gasteiger partial charge in [-0.25, -0.2) is 13.8 Å². The quantitative estimate of drug-likeness (QED) is 0.449. The van der Waals surface area contributed by atoms with Gasteiger partial charge in [0.05, 0.1) is 18.2 Å². The molecule has 7 nitrogen and oxygen atoms in total. The molecule has 1 N–H and O–H groups in total. The average molecular weight is 459 g/mol. The summed E-state index contributed by atoms with van der Waals surface area (Å²) in [4.78, 5) is 12.3. The number of hydrogen-bond donors (Lipinski definition) is 1. The summed E-state index contributed by atoms with van der Waals surface area (Å²) in [6, 6.07) is 15.8. The van der Waals surface area contributed by atoms with Gasteiger partial charge in [-0.2, -0.15) is 5.10 Å². The molecule has 0 radical (unpaired) electrons.